The highest BCUT2D eigenvalue weighted by atomic mass is 32.1. The molecule has 2 saturated heterocycles. The van der Waals surface area contributed by atoms with Gasteiger partial charge in [-0.2, -0.15) is 0 Å². The number of carbonyl (C=O) groups is 1. The lowest BCUT2D eigenvalue weighted by molar-refractivity contribution is -0.137. The summed E-state index contributed by atoms with van der Waals surface area (Å²) >= 11 is 1.76. The quantitative estimate of drug-likeness (QED) is 0.857. The van der Waals surface area contributed by atoms with Crippen molar-refractivity contribution in [3.8, 4) is 0 Å². The zero-order valence-electron chi connectivity index (χ0n) is 13.3. The summed E-state index contributed by atoms with van der Waals surface area (Å²) in [6.45, 7) is 3.20. The Balaban J connectivity index is 1.49. The summed E-state index contributed by atoms with van der Waals surface area (Å²) in [5.41, 5.74) is 0.261. The summed E-state index contributed by atoms with van der Waals surface area (Å²) < 4.78 is 19.5. The number of hydrogen-bond acceptors (Lipinski definition) is 4. The third-order valence-electron chi connectivity index (χ3n) is 4.72. The molecular formula is C18H19FN2O2S. The van der Waals surface area contributed by atoms with Crippen LogP contribution in [0.4, 0.5) is 10.1 Å². The lowest BCUT2D eigenvalue weighted by atomic mass is 10.00. The van der Waals surface area contributed by atoms with Gasteiger partial charge in [0.2, 0.25) is 0 Å². The van der Waals surface area contributed by atoms with Crippen molar-refractivity contribution >= 4 is 22.9 Å². The summed E-state index contributed by atoms with van der Waals surface area (Å²) in [5, 5.41) is 2.09. The smallest absolute Gasteiger partial charge is 0.253 e. The Morgan fingerprint density at radius 3 is 2.96 bits per heavy atom. The number of likely N-dealkylation sites (tertiary alicyclic amines) is 1. The molecule has 4 rings (SSSR count). The van der Waals surface area contributed by atoms with Gasteiger partial charge in [0.25, 0.3) is 5.91 Å². The number of anilines is 1. The number of hydrogen-bond donors (Lipinski definition) is 0. The van der Waals surface area contributed by atoms with Crippen molar-refractivity contribution in [2.24, 2.45) is 0 Å². The summed E-state index contributed by atoms with van der Waals surface area (Å²) in [5.74, 6) is -0.436. The highest BCUT2D eigenvalue weighted by molar-refractivity contribution is 7.09. The fourth-order valence-corrected chi connectivity index (χ4v) is 4.27. The number of morpholine rings is 1. The Morgan fingerprint density at radius 2 is 2.17 bits per heavy atom. The first kappa shape index (κ1) is 15.7. The predicted molar refractivity (Wildman–Crippen MR) is 91.6 cm³/mol. The van der Waals surface area contributed by atoms with Crippen molar-refractivity contribution < 1.29 is 13.9 Å². The van der Waals surface area contributed by atoms with Gasteiger partial charge in [-0.25, -0.2) is 4.39 Å². The van der Waals surface area contributed by atoms with E-state index in [1.807, 2.05) is 0 Å². The van der Waals surface area contributed by atoms with E-state index >= 15 is 0 Å². The number of rotatable bonds is 3. The Labute approximate surface area is 144 Å². The van der Waals surface area contributed by atoms with E-state index in [0.29, 0.717) is 12.2 Å². The molecule has 3 heterocycles. The molecule has 2 fully saturated rings. The maximum atomic E-state index is 13.5. The van der Waals surface area contributed by atoms with Crippen LogP contribution >= 0.6 is 11.3 Å². The van der Waals surface area contributed by atoms with Crippen LogP contribution in [-0.2, 0) is 16.1 Å². The van der Waals surface area contributed by atoms with Crippen LogP contribution < -0.4 is 4.90 Å². The minimum absolute atomic E-state index is 0.0589. The average molecular weight is 346 g/mol. The number of amides is 1. The van der Waals surface area contributed by atoms with Crippen LogP contribution in [0.3, 0.4) is 0 Å². The van der Waals surface area contributed by atoms with Gasteiger partial charge in [0.05, 0.1) is 6.54 Å². The van der Waals surface area contributed by atoms with Crippen molar-refractivity contribution in [1.82, 2.24) is 4.90 Å². The predicted octanol–water partition coefficient (Wildman–Crippen LogP) is 2.90. The van der Waals surface area contributed by atoms with Crippen LogP contribution in [0.1, 0.15) is 11.3 Å². The van der Waals surface area contributed by atoms with Crippen molar-refractivity contribution in [2.75, 3.05) is 31.1 Å². The number of carbonyl (C=O) groups excluding carboxylic acids is 1. The molecule has 0 bridgehead atoms. The van der Waals surface area contributed by atoms with E-state index in [4.69, 9.17) is 4.74 Å². The third kappa shape index (κ3) is 3.09. The molecule has 2 aliphatic heterocycles. The standard InChI is InChI=1S/C18H19FN2O2S/c19-14-3-1-4-15(9-14)21-13-18(23-11-17(21)22)6-7-20(12-18)10-16-5-2-8-24-16/h1-5,8-9H,6-7,10-13H2. The van der Waals surface area contributed by atoms with Crippen LogP contribution in [0.25, 0.3) is 0 Å². The molecule has 1 amide bonds. The van der Waals surface area contributed by atoms with E-state index in [2.05, 4.69) is 22.4 Å². The van der Waals surface area contributed by atoms with Crippen LogP contribution in [0.2, 0.25) is 0 Å². The molecule has 1 unspecified atom stereocenters. The fraction of sp³-hybridized carbons (Fsp3) is 0.389. The molecule has 4 nitrogen and oxygen atoms in total. The Hall–Kier alpha value is -1.76. The fourth-order valence-electron chi connectivity index (χ4n) is 3.53. The normalized spacial score (nSPS) is 24.9. The number of ether oxygens (including phenoxy) is 1. The zero-order chi connectivity index (χ0) is 16.6. The summed E-state index contributed by atoms with van der Waals surface area (Å²) in [6, 6.07) is 10.4. The third-order valence-corrected chi connectivity index (χ3v) is 5.59. The number of halogens is 1. The first-order valence-electron chi connectivity index (χ1n) is 8.08. The summed E-state index contributed by atoms with van der Waals surface area (Å²) in [6.07, 6.45) is 0.886. The molecule has 1 aromatic carbocycles. The van der Waals surface area contributed by atoms with Gasteiger partial charge < -0.3 is 9.64 Å². The molecule has 2 aromatic rings. The molecular weight excluding hydrogens is 327 g/mol. The second kappa shape index (κ2) is 6.27. The SMILES string of the molecule is O=C1COC2(CCN(Cc3cccs3)C2)CN1c1cccc(F)c1. The lowest BCUT2D eigenvalue weighted by Crippen LogP contribution is -2.56. The summed E-state index contributed by atoms with van der Waals surface area (Å²) in [4.78, 5) is 17.6. The molecule has 6 heteroatoms. The number of benzene rings is 1. The van der Waals surface area contributed by atoms with E-state index in [9.17, 15) is 9.18 Å². The molecule has 0 N–H and O–H groups in total. The van der Waals surface area contributed by atoms with E-state index in [1.165, 1.54) is 17.0 Å². The molecule has 1 spiro atoms. The second-order valence-corrected chi connectivity index (χ2v) is 7.50. The number of nitrogens with zero attached hydrogens (tertiary/aromatic N) is 2. The van der Waals surface area contributed by atoms with Crippen molar-refractivity contribution in [1.29, 1.82) is 0 Å². The Bertz CT molecular complexity index is 736. The van der Waals surface area contributed by atoms with Crippen LogP contribution in [-0.4, -0.2) is 42.6 Å². The van der Waals surface area contributed by atoms with Crippen molar-refractivity contribution in [2.45, 2.75) is 18.6 Å². The van der Waals surface area contributed by atoms with Crippen molar-refractivity contribution in [3.63, 3.8) is 0 Å². The Morgan fingerprint density at radius 1 is 1.25 bits per heavy atom. The lowest BCUT2D eigenvalue weighted by Gasteiger charge is -2.40. The van der Waals surface area contributed by atoms with Gasteiger partial charge in [0.15, 0.2) is 0 Å². The van der Waals surface area contributed by atoms with Gasteiger partial charge in [0.1, 0.15) is 18.0 Å². The minimum atomic E-state index is -0.350. The average Bonchev–Trinajstić information content (AvgIpc) is 3.21. The molecule has 0 aliphatic carbocycles. The summed E-state index contributed by atoms with van der Waals surface area (Å²) in [7, 11) is 0. The number of thiophene rings is 1. The largest absolute Gasteiger partial charge is 0.362 e. The van der Waals surface area contributed by atoms with Gasteiger partial charge >= 0.3 is 0 Å². The molecule has 1 aromatic heterocycles. The van der Waals surface area contributed by atoms with Gasteiger partial charge in [-0.1, -0.05) is 12.1 Å². The molecule has 1 atom stereocenters. The highest BCUT2D eigenvalue weighted by Crippen LogP contribution is 2.33. The topological polar surface area (TPSA) is 32.8 Å². The van der Waals surface area contributed by atoms with Gasteiger partial charge in [0, 0.05) is 30.2 Å². The van der Waals surface area contributed by atoms with Crippen molar-refractivity contribution in [3.05, 3.63) is 52.5 Å². The van der Waals surface area contributed by atoms with E-state index < -0.39 is 0 Å². The van der Waals surface area contributed by atoms with E-state index in [-0.39, 0.29) is 23.9 Å². The van der Waals surface area contributed by atoms with Gasteiger partial charge in [-0.05, 0) is 36.1 Å². The highest BCUT2D eigenvalue weighted by Gasteiger charge is 2.45. The first-order chi connectivity index (χ1) is 11.6. The van der Waals surface area contributed by atoms with E-state index in [1.54, 1.807) is 28.4 Å². The van der Waals surface area contributed by atoms with Gasteiger partial charge in [-0.3, -0.25) is 9.69 Å². The van der Waals surface area contributed by atoms with Crippen LogP contribution in [0.15, 0.2) is 41.8 Å². The maximum Gasteiger partial charge on any atom is 0.253 e. The molecule has 126 valence electrons. The minimum Gasteiger partial charge on any atom is -0.362 e. The monoisotopic (exact) mass is 346 g/mol. The van der Waals surface area contributed by atoms with Gasteiger partial charge in [-0.15, -0.1) is 11.3 Å². The Kier molecular flexibility index (Phi) is 4.12. The molecule has 0 radical (unpaired) electrons. The maximum absolute atomic E-state index is 13.5. The molecule has 2 aliphatic rings. The second-order valence-electron chi connectivity index (χ2n) is 6.47. The molecule has 24 heavy (non-hydrogen) atoms. The molecule has 0 saturated carbocycles. The van der Waals surface area contributed by atoms with Crippen LogP contribution in [0.5, 0.6) is 0 Å². The van der Waals surface area contributed by atoms with E-state index in [0.717, 1.165) is 26.1 Å². The first-order valence-corrected chi connectivity index (χ1v) is 8.96. The van der Waals surface area contributed by atoms with Crippen LogP contribution in [0, 0.1) is 5.82 Å². The zero-order valence-corrected chi connectivity index (χ0v) is 14.1.